The number of carboxylic acids is 1. The lowest BCUT2D eigenvalue weighted by Gasteiger charge is -2.16. The predicted octanol–water partition coefficient (Wildman–Crippen LogP) is 3.72. The van der Waals surface area contributed by atoms with Crippen molar-refractivity contribution in [2.45, 2.75) is 6.04 Å². The van der Waals surface area contributed by atoms with Gasteiger partial charge in [-0.25, -0.2) is 9.18 Å². The first-order valence-electron chi connectivity index (χ1n) is 5.57. The molecule has 0 aromatic heterocycles. The van der Waals surface area contributed by atoms with Crippen LogP contribution in [0.25, 0.3) is 0 Å². The van der Waals surface area contributed by atoms with Gasteiger partial charge < -0.3 is 10.4 Å². The van der Waals surface area contributed by atoms with Crippen LogP contribution >= 0.6 is 11.6 Å². The van der Waals surface area contributed by atoms with Crippen LogP contribution in [0.3, 0.4) is 0 Å². The minimum atomic E-state index is -1.09. The fourth-order valence-corrected chi connectivity index (χ4v) is 1.87. The van der Waals surface area contributed by atoms with Crippen molar-refractivity contribution in [1.29, 1.82) is 0 Å². The predicted molar refractivity (Wildman–Crippen MR) is 71.9 cm³/mol. The molecule has 0 radical (unpaired) electrons. The van der Waals surface area contributed by atoms with Crippen LogP contribution in [0.4, 0.5) is 10.1 Å². The van der Waals surface area contributed by atoms with Crippen LogP contribution in [0.1, 0.15) is 11.6 Å². The maximum atomic E-state index is 13.6. The highest BCUT2D eigenvalue weighted by molar-refractivity contribution is 6.30. The molecule has 0 saturated heterocycles. The SMILES string of the molecule is O=C(O)C(Nc1cc(Cl)ccc1F)c1ccccc1. The number of nitrogens with one attached hydrogen (secondary N) is 1. The Bertz CT molecular complexity index is 589. The summed E-state index contributed by atoms with van der Waals surface area (Å²) in [5, 5.41) is 12.2. The summed E-state index contributed by atoms with van der Waals surface area (Å²) in [6.07, 6.45) is 0. The van der Waals surface area contributed by atoms with Gasteiger partial charge in [0, 0.05) is 5.02 Å². The maximum Gasteiger partial charge on any atom is 0.330 e. The van der Waals surface area contributed by atoms with Gasteiger partial charge in [0.05, 0.1) is 5.69 Å². The molecule has 1 atom stereocenters. The minimum absolute atomic E-state index is 0.0590. The minimum Gasteiger partial charge on any atom is -0.479 e. The largest absolute Gasteiger partial charge is 0.479 e. The molecule has 2 aromatic rings. The quantitative estimate of drug-likeness (QED) is 0.897. The van der Waals surface area contributed by atoms with E-state index in [1.807, 2.05) is 0 Å². The summed E-state index contributed by atoms with van der Waals surface area (Å²) in [6, 6.07) is 11.5. The van der Waals surface area contributed by atoms with Crippen molar-refractivity contribution < 1.29 is 14.3 Å². The molecular weight excluding hydrogens is 269 g/mol. The molecule has 2 aromatic carbocycles. The Kier molecular flexibility index (Phi) is 4.02. The third-order valence-corrected chi connectivity index (χ3v) is 2.84. The summed E-state index contributed by atoms with van der Waals surface area (Å²) in [6.45, 7) is 0. The number of benzene rings is 2. The number of carbonyl (C=O) groups is 1. The summed E-state index contributed by atoms with van der Waals surface area (Å²) >= 11 is 5.77. The molecule has 3 nitrogen and oxygen atoms in total. The van der Waals surface area contributed by atoms with Gasteiger partial charge in [0.15, 0.2) is 6.04 Å². The van der Waals surface area contributed by atoms with Crippen LogP contribution in [-0.4, -0.2) is 11.1 Å². The van der Waals surface area contributed by atoms with Crippen LogP contribution in [-0.2, 0) is 4.79 Å². The van der Waals surface area contributed by atoms with Gasteiger partial charge in [-0.3, -0.25) is 0 Å². The van der Waals surface area contributed by atoms with E-state index >= 15 is 0 Å². The molecule has 0 fully saturated rings. The van der Waals surface area contributed by atoms with Crippen molar-refractivity contribution in [3.8, 4) is 0 Å². The van der Waals surface area contributed by atoms with Crippen molar-refractivity contribution >= 4 is 23.3 Å². The average molecular weight is 280 g/mol. The van der Waals surface area contributed by atoms with E-state index in [9.17, 15) is 14.3 Å². The molecule has 0 aliphatic carbocycles. The third kappa shape index (κ3) is 3.23. The number of hydrogen-bond donors (Lipinski definition) is 2. The van der Waals surface area contributed by atoms with Crippen LogP contribution < -0.4 is 5.32 Å². The van der Waals surface area contributed by atoms with E-state index in [2.05, 4.69) is 5.32 Å². The second kappa shape index (κ2) is 5.71. The van der Waals surface area contributed by atoms with Crippen LogP contribution in [0.2, 0.25) is 5.02 Å². The molecule has 98 valence electrons. The van der Waals surface area contributed by atoms with Gasteiger partial charge in [-0.15, -0.1) is 0 Å². The Hall–Kier alpha value is -2.07. The number of rotatable bonds is 4. The highest BCUT2D eigenvalue weighted by Gasteiger charge is 2.20. The molecule has 0 aliphatic rings. The normalized spacial score (nSPS) is 11.9. The van der Waals surface area contributed by atoms with Gasteiger partial charge in [-0.05, 0) is 23.8 Å². The molecule has 0 amide bonds. The molecular formula is C14H11ClFNO2. The second-order valence-electron chi connectivity index (χ2n) is 3.95. The van der Waals surface area contributed by atoms with E-state index < -0.39 is 17.8 Å². The maximum absolute atomic E-state index is 13.6. The Balaban J connectivity index is 2.32. The zero-order valence-electron chi connectivity index (χ0n) is 9.81. The Morgan fingerprint density at radius 1 is 1.21 bits per heavy atom. The number of hydrogen-bond acceptors (Lipinski definition) is 2. The van der Waals surface area contributed by atoms with Gasteiger partial charge in [0.25, 0.3) is 0 Å². The van der Waals surface area contributed by atoms with Crippen molar-refractivity contribution in [1.82, 2.24) is 0 Å². The molecule has 19 heavy (non-hydrogen) atoms. The molecule has 1 unspecified atom stereocenters. The van der Waals surface area contributed by atoms with Crippen molar-refractivity contribution in [3.63, 3.8) is 0 Å². The zero-order valence-corrected chi connectivity index (χ0v) is 10.6. The summed E-state index contributed by atoms with van der Waals surface area (Å²) in [4.78, 5) is 11.3. The molecule has 0 aliphatic heterocycles. The Morgan fingerprint density at radius 3 is 2.53 bits per heavy atom. The van der Waals surface area contributed by atoms with E-state index in [0.717, 1.165) is 0 Å². The van der Waals surface area contributed by atoms with Gasteiger partial charge in [0.2, 0.25) is 0 Å². The third-order valence-electron chi connectivity index (χ3n) is 2.61. The van der Waals surface area contributed by atoms with Crippen molar-refractivity contribution in [2.75, 3.05) is 5.32 Å². The Morgan fingerprint density at radius 2 is 1.89 bits per heavy atom. The van der Waals surface area contributed by atoms with Crippen LogP contribution in [0, 0.1) is 5.82 Å². The van der Waals surface area contributed by atoms with Gasteiger partial charge in [0.1, 0.15) is 5.82 Å². The first-order chi connectivity index (χ1) is 9.08. The van der Waals surface area contributed by atoms with E-state index in [4.69, 9.17) is 11.6 Å². The first-order valence-corrected chi connectivity index (χ1v) is 5.95. The summed E-state index contributed by atoms with van der Waals surface area (Å²) in [7, 11) is 0. The lowest BCUT2D eigenvalue weighted by molar-refractivity contribution is -0.138. The Labute approximate surface area is 114 Å². The lowest BCUT2D eigenvalue weighted by atomic mass is 10.1. The highest BCUT2D eigenvalue weighted by Crippen LogP contribution is 2.25. The molecule has 5 heteroatoms. The monoisotopic (exact) mass is 279 g/mol. The number of carboxylic acid groups (broad SMARTS) is 1. The standard InChI is InChI=1S/C14H11ClFNO2/c15-10-6-7-11(16)12(8-10)17-13(14(18)19)9-4-2-1-3-5-9/h1-8,13,17H,(H,18,19). The summed E-state index contributed by atoms with van der Waals surface area (Å²) in [5.74, 6) is -1.64. The summed E-state index contributed by atoms with van der Waals surface area (Å²) in [5.41, 5.74) is 0.595. The van der Waals surface area contributed by atoms with Crippen molar-refractivity contribution in [2.24, 2.45) is 0 Å². The van der Waals surface area contributed by atoms with E-state index in [0.29, 0.717) is 10.6 Å². The molecule has 0 saturated carbocycles. The number of aliphatic carboxylic acids is 1. The van der Waals surface area contributed by atoms with Crippen LogP contribution in [0.5, 0.6) is 0 Å². The topological polar surface area (TPSA) is 49.3 Å². The van der Waals surface area contributed by atoms with E-state index in [-0.39, 0.29) is 5.69 Å². The van der Waals surface area contributed by atoms with Gasteiger partial charge >= 0.3 is 5.97 Å². The van der Waals surface area contributed by atoms with Crippen LogP contribution in [0.15, 0.2) is 48.5 Å². The lowest BCUT2D eigenvalue weighted by Crippen LogP contribution is -2.21. The fraction of sp³-hybridized carbons (Fsp3) is 0.0714. The van der Waals surface area contributed by atoms with Crippen molar-refractivity contribution in [3.05, 3.63) is 64.9 Å². The highest BCUT2D eigenvalue weighted by atomic mass is 35.5. The summed E-state index contributed by atoms with van der Waals surface area (Å²) < 4.78 is 13.6. The second-order valence-corrected chi connectivity index (χ2v) is 4.39. The molecule has 0 bridgehead atoms. The average Bonchev–Trinajstić information content (AvgIpc) is 2.40. The molecule has 0 heterocycles. The fourth-order valence-electron chi connectivity index (χ4n) is 1.70. The first kappa shape index (κ1) is 13.4. The molecule has 2 N–H and O–H groups in total. The van der Waals surface area contributed by atoms with Gasteiger partial charge in [-0.1, -0.05) is 41.9 Å². The van der Waals surface area contributed by atoms with E-state index in [1.165, 1.54) is 18.2 Å². The number of halogens is 2. The molecule has 0 spiro atoms. The van der Waals surface area contributed by atoms with Gasteiger partial charge in [-0.2, -0.15) is 0 Å². The number of anilines is 1. The van der Waals surface area contributed by atoms with E-state index in [1.54, 1.807) is 30.3 Å². The molecule has 2 rings (SSSR count). The zero-order chi connectivity index (χ0) is 13.8. The smallest absolute Gasteiger partial charge is 0.330 e.